The van der Waals surface area contributed by atoms with E-state index in [2.05, 4.69) is 4.98 Å². The van der Waals surface area contributed by atoms with E-state index in [0.29, 0.717) is 13.0 Å². The molecule has 1 amide bonds. The average molecular weight is 308 g/mol. The number of Topliss-reactive ketones (excluding diaryl/α,β-unsaturated/α-hetero) is 1. The third kappa shape index (κ3) is 3.43. The van der Waals surface area contributed by atoms with Gasteiger partial charge in [-0.1, -0.05) is 0 Å². The fraction of sp³-hybridized carbons (Fsp3) is 0.562. The summed E-state index contributed by atoms with van der Waals surface area (Å²) in [4.78, 5) is 29.8. The van der Waals surface area contributed by atoms with E-state index < -0.39 is 23.7 Å². The van der Waals surface area contributed by atoms with Gasteiger partial charge in [-0.05, 0) is 46.6 Å². The highest BCUT2D eigenvalue weighted by molar-refractivity contribution is 6.02. The molecule has 1 atom stereocenters. The Morgan fingerprint density at radius 3 is 2.73 bits per heavy atom. The number of likely N-dealkylation sites (tertiary alicyclic amines) is 1. The first kappa shape index (κ1) is 16.4. The van der Waals surface area contributed by atoms with Crippen LogP contribution in [0.2, 0.25) is 0 Å². The number of pyridine rings is 1. The molecule has 0 radical (unpaired) electrons. The second kappa shape index (κ2) is 6.02. The minimum Gasteiger partial charge on any atom is -0.444 e. The van der Waals surface area contributed by atoms with Crippen LogP contribution in [0.4, 0.5) is 9.18 Å². The fourth-order valence-electron chi connectivity index (χ4n) is 2.53. The van der Waals surface area contributed by atoms with Crippen molar-refractivity contribution in [2.75, 3.05) is 6.54 Å². The van der Waals surface area contributed by atoms with Crippen molar-refractivity contribution in [2.45, 2.75) is 52.2 Å². The third-order valence-electron chi connectivity index (χ3n) is 3.59. The van der Waals surface area contributed by atoms with Crippen LogP contribution in [0, 0.1) is 12.9 Å². The lowest BCUT2D eigenvalue weighted by Gasteiger charge is -2.28. The largest absolute Gasteiger partial charge is 0.444 e. The van der Waals surface area contributed by atoms with E-state index in [0.717, 1.165) is 6.42 Å². The van der Waals surface area contributed by atoms with E-state index in [1.165, 1.54) is 24.1 Å². The predicted octanol–water partition coefficient (Wildman–Crippen LogP) is 3.11. The van der Waals surface area contributed by atoms with Gasteiger partial charge in [0.25, 0.3) is 0 Å². The number of ketones is 1. The molecule has 0 saturated carbocycles. The van der Waals surface area contributed by atoms with Gasteiger partial charge in [-0.15, -0.1) is 0 Å². The zero-order valence-electron chi connectivity index (χ0n) is 13.4. The van der Waals surface area contributed by atoms with Crippen LogP contribution in [0.3, 0.4) is 0 Å². The highest BCUT2D eigenvalue weighted by Gasteiger charge is 2.37. The molecule has 1 aliphatic heterocycles. The van der Waals surface area contributed by atoms with Gasteiger partial charge in [0.1, 0.15) is 5.60 Å². The Hall–Kier alpha value is -1.98. The van der Waals surface area contributed by atoms with E-state index in [-0.39, 0.29) is 16.9 Å². The zero-order valence-corrected chi connectivity index (χ0v) is 13.4. The molecule has 0 bridgehead atoms. The number of amides is 1. The first-order valence-corrected chi connectivity index (χ1v) is 7.35. The Kier molecular flexibility index (Phi) is 4.49. The highest BCUT2D eigenvalue weighted by atomic mass is 19.1. The van der Waals surface area contributed by atoms with Crippen molar-refractivity contribution in [3.8, 4) is 0 Å². The number of carbonyl (C=O) groups excluding carboxylic acids is 2. The number of ether oxygens (including phenoxy) is 1. The van der Waals surface area contributed by atoms with Gasteiger partial charge in [0.05, 0.1) is 6.04 Å². The van der Waals surface area contributed by atoms with Gasteiger partial charge >= 0.3 is 6.09 Å². The second-order valence-corrected chi connectivity index (χ2v) is 6.47. The summed E-state index contributed by atoms with van der Waals surface area (Å²) in [5, 5.41) is 0. The van der Waals surface area contributed by atoms with E-state index >= 15 is 0 Å². The molecule has 0 aromatic carbocycles. The third-order valence-corrected chi connectivity index (χ3v) is 3.59. The molecule has 22 heavy (non-hydrogen) atoms. The summed E-state index contributed by atoms with van der Waals surface area (Å²) in [6, 6.07) is 0.891. The lowest BCUT2D eigenvalue weighted by molar-refractivity contribution is 0.0222. The lowest BCUT2D eigenvalue weighted by Crippen LogP contribution is -2.43. The van der Waals surface area contributed by atoms with E-state index in [1.54, 1.807) is 20.8 Å². The topological polar surface area (TPSA) is 59.5 Å². The average Bonchev–Trinajstić information content (AvgIpc) is 2.88. The molecule has 1 aliphatic rings. The smallest absolute Gasteiger partial charge is 0.410 e. The normalized spacial score (nSPS) is 18.4. The predicted molar refractivity (Wildman–Crippen MR) is 79.2 cm³/mol. The fourth-order valence-corrected chi connectivity index (χ4v) is 2.53. The van der Waals surface area contributed by atoms with Crippen LogP contribution in [0.15, 0.2) is 12.3 Å². The molecular weight excluding hydrogens is 287 g/mol. The maximum absolute atomic E-state index is 13.5. The van der Waals surface area contributed by atoms with Crippen molar-refractivity contribution in [3.05, 3.63) is 29.3 Å². The van der Waals surface area contributed by atoms with Crippen molar-refractivity contribution in [1.82, 2.24) is 9.88 Å². The highest BCUT2D eigenvalue weighted by Crippen LogP contribution is 2.25. The van der Waals surface area contributed by atoms with Gasteiger partial charge in [0, 0.05) is 23.9 Å². The molecule has 1 aromatic heterocycles. The van der Waals surface area contributed by atoms with Gasteiger partial charge in [-0.2, -0.15) is 4.39 Å². The minimum atomic E-state index is -0.660. The van der Waals surface area contributed by atoms with Crippen LogP contribution in [0.1, 0.15) is 49.5 Å². The summed E-state index contributed by atoms with van der Waals surface area (Å²) < 4.78 is 18.9. The van der Waals surface area contributed by atoms with Crippen LogP contribution in [0.5, 0.6) is 0 Å². The molecule has 2 rings (SSSR count). The molecule has 1 saturated heterocycles. The Balaban J connectivity index is 2.22. The first-order chi connectivity index (χ1) is 10.2. The van der Waals surface area contributed by atoms with E-state index in [1.807, 2.05) is 0 Å². The maximum Gasteiger partial charge on any atom is 0.410 e. The number of nitrogens with zero attached hydrogens (tertiary/aromatic N) is 2. The van der Waals surface area contributed by atoms with Crippen molar-refractivity contribution < 1.29 is 18.7 Å². The van der Waals surface area contributed by atoms with Crippen molar-refractivity contribution in [1.29, 1.82) is 0 Å². The van der Waals surface area contributed by atoms with Crippen LogP contribution in [-0.2, 0) is 4.74 Å². The molecule has 0 unspecified atom stereocenters. The Morgan fingerprint density at radius 1 is 1.41 bits per heavy atom. The summed E-state index contributed by atoms with van der Waals surface area (Å²) in [5.41, 5.74) is -0.136. The SMILES string of the molecule is Cc1c(C(=O)[C@@H]2CCCN2C(=O)OC(C)(C)C)ccnc1F. The summed E-state index contributed by atoms with van der Waals surface area (Å²) in [7, 11) is 0. The number of hydrogen-bond donors (Lipinski definition) is 0. The van der Waals surface area contributed by atoms with Crippen molar-refractivity contribution >= 4 is 11.9 Å². The lowest BCUT2D eigenvalue weighted by atomic mass is 9.99. The zero-order chi connectivity index (χ0) is 16.5. The molecule has 6 heteroatoms. The number of rotatable bonds is 2. The maximum atomic E-state index is 13.5. The van der Waals surface area contributed by atoms with Crippen LogP contribution in [-0.4, -0.2) is 39.9 Å². The standard InChI is InChI=1S/C16H21FN2O3/c1-10-11(7-8-18-14(10)17)13(20)12-6-5-9-19(12)15(21)22-16(2,3)4/h7-8,12H,5-6,9H2,1-4H3/t12-/m0/s1. The number of carbonyl (C=O) groups is 2. The minimum absolute atomic E-state index is 0.212. The van der Waals surface area contributed by atoms with E-state index in [4.69, 9.17) is 4.74 Å². The molecule has 0 aliphatic carbocycles. The van der Waals surface area contributed by atoms with Gasteiger partial charge in [0.15, 0.2) is 5.78 Å². The summed E-state index contributed by atoms with van der Waals surface area (Å²) in [5.74, 6) is -0.921. The van der Waals surface area contributed by atoms with Crippen LogP contribution < -0.4 is 0 Å². The monoisotopic (exact) mass is 308 g/mol. The molecule has 120 valence electrons. The Labute approximate surface area is 129 Å². The quantitative estimate of drug-likeness (QED) is 0.622. The summed E-state index contributed by atoms with van der Waals surface area (Å²) in [6.45, 7) is 7.32. The molecule has 1 aromatic rings. The Bertz CT molecular complexity index is 596. The number of halogens is 1. The van der Waals surface area contributed by atoms with Crippen molar-refractivity contribution in [2.24, 2.45) is 0 Å². The van der Waals surface area contributed by atoms with Crippen LogP contribution >= 0.6 is 0 Å². The van der Waals surface area contributed by atoms with Gasteiger partial charge in [-0.25, -0.2) is 9.78 Å². The van der Waals surface area contributed by atoms with E-state index in [9.17, 15) is 14.0 Å². The molecule has 2 heterocycles. The van der Waals surface area contributed by atoms with Crippen molar-refractivity contribution in [3.63, 3.8) is 0 Å². The van der Waals surface area contributed by atoms with Crippen LogP contribution in [0.25, 0.3) is 0 Å². The molecule has 0 spiro atoms. The molecule has 5 nitrogen and oxygen atoms in total. The molecular formula is C16H21FN2O3. The van der Waals surface area contributed by atoms with Gasteiger partial charge in [0.2, 0.25) is 5.95 Å². The summed E-state index contributed by atoms with van der Waals surface area (Å²) in [6.07, 6.45) is 2.04. The first-order valence-electron chi connectivity index (χ1n) is 7.35. The van der Waals surface area contributed by atoms with Gasteiger partial charge < -0.3 is 4.74 Å². The summed E-state index contributed by atoms with van der Waals surface area (Å²) >= 11 is 0. The molecule has 0 N–H and O–H groups in total. The second-order valence-electron chi connectivity index (χ2n) is 6.47. The number of aromatic nitrogens is 1. The Morgan fingerprint density at radius 2 is 2.09 bits per heavy atom. The molecule has 1 fully saturated rings. The van der Waals surface area contributed by atoms with Gasteiger partial charge in [-0.3, -0.25) is 9.69 Å². The number of hydrogen-bond acceptors (Lipinski definition) is 4.